The molecular formula is C12H21ClN2OS. The molecule has 0 saturated carbocycles. The quantitative estimate of drug-likeness (QED) is 0.896. The summed E-state index contributed by atoms with van der Waals surface area (Å²) in [6.45, 7) is 4.74. The van der Waals surface area contributed by atoms with E-state index in [1.165, 1.54) is 4.88 Å². The third-order valence-electron chi connectivity index (χ3n) is 2.82. The van der Waals surface area contributed by atoms with Crippen molar-refractivity contribution < 1.29 is 4.79 Å². The molecule has 17 heavy (non-hydrogen) atoms. The summed E-state index contributed by atoms with van der Waals surface area (Å²) in [7, 11) is 3.74. The van der Waals surface area contributed by atoms with Crippen LogP contribution >= 0.6 is 23.7 Å². The first kappa shape index (κ1) is 16.4. The summed E-state index contributed by atoms with van der Waals surface area (Å²) in [4.78, 5) is 15.1. The predicted octanol–water partition coefficient (Wildman–Crippen LogP) is 2.54. The number of carbonyl (C=O) groups is 1. The minimum Gasteiger partial charge on any atom is -0.338 e. The molecule has 2 unspecified atom stereocenters. The maximum absolute atomic E-state index is 12.1. The Labute approximate surface area is 114 Å². The third kappa shape index (κ3) is 4.30. The van der Waals surface area contributed by atoms with E-state index in [-0.39, 0.29) is 30.3 Å². The summed E-state index contributed by atoms with van der Waals surface area (Å²) in [5, 5.41) is 5.07. The molecule has 0 aliphatic carbocycles. The highest BCUT2D eigenvalue weighted by molar-refractivity contribution is 7.10. The van der Waals surface area contributed by atoms with E-state index in [0.29, 0.717) is 0 Å². The molecular weight excluding hydrogens is 256 g/mol. The average Bonchev–Trinajstić information content (AvgIpc) is 2.79. The fourth-order valence-electron chi connectivity index (χ4n) is 1.65. The summed E-state index contributed by atoms with van der Waals surface area (Å²) in [6, 6.07) is 4.25. The van der Waals surface area contributed by atoms with Crippen molar-refractivity contribution in [2.75, 3.05) is 20.6 Å². The lowest BCUT2D eigenvalue weighted by molar-refractivity contribution is -0.135. The smallest absolute Gasteiger partial charge is 0.226 e. The SMILES string of the molecule is CNCC(C)C(=O)N(C)C(C)c1cccs1.Cl. The van der Waals surface area contributed by atoms with Gasteiger partial charge in [-0.1, -0.05) is 13.0 Å². The zero-order valence-electron chi connectivity index (χ0n) is 10.8. The molecule has 1 rings (SSSR count). The molecule has 98 valence electrons. The highest BCUT2D eigenvalue weighted by Gasteiger charge is 2.22. The Bertz CT molecular complexity index is 329. The van der Waals surface area contributed by atoms with Crippen molar-refractivity contribution in [1.82, 2.24) is 10.2 Å². The van der Waals surface area contributed by atoms with E-state index >= 15 is 0 Å². The molecule has 0 aromatic carbocycles. The largest absolute Gasteiger partial charge is 0.338 e. The van der Waals surface area contributed by atoms with Crippen LogP contribution in [0.2, 0.25) is 0 Å². The number of nitrogens with zero attached hydrogens (tertiary/aromatic N) is 1. The molecule has 0 aliphatic rings. The number of carbonyl (C=O) groups excluding carboxylic acids is 1. The fourth-order valence-corrected chi connectivity index (χ4v) is 2.48. The summed E-state index contributed by atoms with van der Waals surface area (Å²) < 4.78 is 0. The van der Waals surface area contributed by atoms with Gasteiger partial charge in [-0.05, 0) is 25.4 Å². The van der Waals surface area contributed by atoms with E-state index in [9.17, 15) is 4.79 Å². The number of hydrogen-bond acceptors (Lipinski definition) is 3. The van der Waals surface area contributed by atoms with Crippen molar-refractivity contribution in [1.29, 1.82) is 0 Å². The first-order chi connectivity index (χ1) is 7.57. The second-order valence-corrected chi connectivity index (χ2v) is 5.08. The van der Waals surface area contributed by atoms with Crippen LogP contribution in [0.3, 0.4) is 0 Å². The van der Waals surface area contributed by atoms with Crippen LogP contribution in [-0.4, -0.2) is 31.4 Å². The molecule has 1 N–H and O–H groups in total. The van der Waals surface area contributed by atoms with Crippen molar-refractivity contribution >= 4 is 29.7 Å². The highest BCUT2D eigenvalue weighted by atomic mass is 35.5. The molecule has 5 heteroatoms. The van der Waals surface area contributed by atoms with E-state index in [1.807, 2.05) is 37.4 Å². The molecule has 0 bridgehead atoms. The molecule has 2 atom stereocenters. The van der Waals surface area contributed by atoms with Gasteiger partial charge < -0.3 is 10.2 Å². The van der Waals surface area contributed by atoms with E-state index < -0.39 is 0 Å². The number of halogens is 1. The van der Waals surface area contributed by atoms with Gasteiger partial charge >= 0.3 is 0 Å². The first-order valence-electron chi connectivity index (χ1n) is 5.52. The van der Waals surface area contributed by atoms with Crippen molar-refractivity contribution in [2.24, 2.45) is 5.92 Å². The van der Waals surface area contributed by atoms with Gasteiger partial charge in [-0.25, -0.2) is 0 Å². The normalized spacial score (nSPS) is 13.6. The maximum atomic E-state index is 12.1. The molecule has 1 aromatic rings. The second kappa shape index (κ2) is 7.69. The zero-order valence-corrected chi connectivity index (χ0v) is 12.4. The van der Waals surface area contributed by atoms with Gasteiger partial charge in [0.05, 0.1) is 6.04 Å². The van der Waals surface area contributed by atoms with Crippen LogP contribution < -0.4 is 5.32 Å². The van der Waals surface area contributed by atoms with Gasteiger partial charge in [-0.3, -0.25) is 4.79 Å². The van der Waals surface area contributed by atoms with E-state index in [4.69, 9.17) is 0 Å². The molecule has 0 spiro atoms. The van der Waals surface area contributed by atoms with Gasteiger partial charge in [0.1, 0.15) is 0 Å². The highest BCUT2D eigenvalue weighted by Crippen LogP contribution is 2.24. The van der Waals surface area contributed by atoms with Gasteiger partial charge in [0, 0.05) is 24.4 Å². The Morgan fingerprint density at radius 2 is 2.18 bits per heavy atom. The Kier molecular flexibility index (Phi) is 7.43. The summed E-state index contributed by atoms with van der Waals surface area (Å²) in [5.41, 5.74) is 0. The van der Waals surface area contributed by atoms with Crippen LogP contribution in [0.25, 0.3) is 0 Å². The summed E-state index contributed by atoms with van der Waals surface area (Å²) in [5.74, 6) is 0.215. The lowest BCUT2D eigenvalue weighted by Crippen LogP contribution is -2.37. The van der Waals surface area contributed by atoms with Crippen LogP contribution in [-0.2, 0) is 4.79 Å². The average molecular weight is 277 g/mol. The number of amides is 1. The van der Waals surface area contributed by atoms with Gasteiger partial charge in [-0.2, -0.15) is 0 Å². The summed E-state index contributed by atoms with van der Waals surface area (Å²) >= 11 is 1.69. The van der Waals surface area contributed by atoms with Crippen LogP contribution in [0.4, 0.5) is 0 Å². The minimum atomic E-state index is 0. The molecule has 0 radical (unpaired) electrons. The Balaban J connectivity index is 0.00000256. The topological polar surface area (TPSA) is 32.3 Å². The number of hydrogen-bond donors (Lipinski definition) is 1. The second-order valence-electron chi connectivity index (χ2n) is 4.10. The van der Waals surface area contributed by atoms with Crippen LogP contribution in [0.1, 0.15) is 24.8 Å². The van der Waals surface area contributed by atoms with Crippen molar-refractivity contribution in [3.8, 4) is 0 Å². The monoisotopic (exact) mass is 276 g/mol. The molecule has 0 fully saturated rings. The van der Waals surface area contributed by atoms with Crippen molar-refractivity contribution in [3.63, 3.8) is 0 Å². The zero-order chi connectivity index (χ0) is 12.1. The Morgan fingerprint density at radius 1 is 1.53 bits per heavy atom. The predicted molar refractivity (Wildman–Crippen MR) is 75.8 cm³/mol. The van der Waals surface area contributed by atoms with E-state index in [2.05, 4.69) is 18.3 Å². The standard InChI is InChI=1S/C12H20N2OS.ClH/c1-9(8-13-3)12(15)14(4)10(2)11-6-5-7-16-11;/h5-7,9-10,13H,8H2,1-4H3;1H. The van der Waals surface area contributed by atoms with Crippen molar-refractivity contribution in [2.45, 2.75) is 19.9 Å². The van der Waals surface area contributed by atoms with Gasteiger partial charge in [0.25, 0.3) is 0 Å². The molecule has 0 saturated heterocycles. The number of rotatable bonds is 5. The lowest BCUT2D eigenvalue weighted by Gasteiger charge is -2.27. The Hall–Kier alpha value is -0.580. The molecule has 3 nitrogen and oxygen atoms in total. The van der Waals surface area contributed by atoms with Gasteiger partial charge in [0.2, 0.25) is 5.91 Å². The Morgan fingerprint density at radius 3 is 2.65 bits per heavy atom. The summed E-state index contributed by atoms with van der Waals surface area (Å²) in [6.07, 6.45) is 0. The van der Waals surface area contributed by atoms with E-state index in [1.54, 1.807) is 11.3 Å². The lowest BCUT2D eigenvalue weighted by atomic mass is 10.1. The van der Waals surface area contributed by atoms with Crippen LogP contribution in [0, 0.1) is 5.92 Å². The minimum absolute atomic E-state index is 0. The molecule has 1 heterocycles. The maximum Gasteiger partial charge on any atom is 0.226 e. The molecule has 0 aliphatic heterocycles. The molecule has 1 amide bonds. The van der Waals surface area contributed by atoms with E-state index in [0.717, 1.165) is 6.54 Å². The fraction of sp³-hybridized carbons (Fsp3) is 0.583. The van der Waals surface area contributed by atoms with Gasteiger partial charge in [0.15, 0.2) is 0 Å². The third-order valence-corrected chi connectivity index (χ3v) is 3.86. The number of thiophene rings is 1. The molecule has 1 aromatic heterocycles. The van der Waals surface area contributed by atoms with Gasteiger partial charge in [-0.15, -0.1) is 23.7 Å². The van der Waals surface area contributed by atoms with Crippen LogP contribution in [0.5, 0.6) is 0 Å². The van der Waals surface area contributed by atoms with Crippen molar-refractivity contribution in [3.05, 3.63) is 22.4 Å². The first-order valence-corrected chi connectivity index (χ1v) is 6.40. The van der Waals surface area contributed by atoms with Crippen LogP contribution in [0.15, 0.2) is 17.5 Å². The number of nitrogens with one attached hydrogen (secondary N) is 1.